The molecular formula is C28H18ClN5O5S. The molecule has 0 saturated heterocycles. The lowest BCUT2D eigenvalue weighted by Crippen LogP contribution is -2.37. The van der Waals surface area contributed by atoms with Crippen molar-refractivity contribution in [3.05, 3.63) is 98.3 Å². The third-order valence-electron chi connectivity index (χ3n) is 6.12. The largest absolute Gasteiger partial charge is 0.426 e. The molecule has 0 fully saturated rings. The monoisotopic (exact) mass is 571 g/mol. The van der Waals surface area contributed by atoms with Crippen molar-refractivity contribution in [1.82, 2.24) is 14.6 Å². The van der Waals surface area contributed by atoms with Crippen LogP contribution in [0, 0.1) is 0 Å². The zero-order chi connectivity index (χ0) is 28.0. The number of amides is 2. The van der Waals surface area contributed by atoms with Crippen LogP contribution in [0.4, 0.5) is 11.4 Å². The van der Waals surface area contributed by atoms with Crippen molar-refractivity contribution in [2.75, 3.05) is 16.8 Å². The van der Waals surface area contributed by atoms with E-state index in [9.17, 15) is 19.2 Å². The first-order chi connectivity index (χ1) is 19.3. The molecule has 1 aliphatic rings. The molecule has 2 amide bonds. The number of ether oxygens (including phenoxy) is 1. The molecule has 12 heteroatoms. The van der Waals surface area contributed by atoms with Gasteiger partial charge < -0.3 is 10.1 Å². The van der Waals surface area contributed by atoms with Gasteiger partial charge in [0.1, 0.15) is 16.8 Å². The van der Waals surface area contributed by atoms with Crippen LogP contribution in [0.5, 0.6) is 5.75 Å². The van der Waals surface area contributed by atoms with Crippen LogP contribution in [-0.4, -0.2) is 38.9 Å². The van der Waals surface area contributed by atoms with Crippen LogP contribution in [0.15, 0.2) is 77.6 Å². The summed E-state index contributed by atoms with van der Waals surface area (Å²) in [6.07, 6.45) is 0. The molecule has 0 bridgehead atoms. The first-order valence-corrected chi connectivity index (χ1v) is 13.2. The van der Waals surface area contributed by atoms with Gasteiger partial charge in [0.15, 0.2) is 5.82 Å². The smallest absolute Gasteiger partial charge is 0.308 e. The molecule has 0 radical (unpaired) electrons. The molecule has 1 N–H and O–H groups in total. The standard InChI is InChI=1S/C28H18ClN5O5S/c1-15(35)39-21-9-5-3-7-19(21)25-31-28-34(32-25)27(38)24(40-28)23-18-6-2-4-8-20(18)33(26(23)37)14-22(36)30-17-12-10-16(29)11-13-17/h2-13H,14H2,1H3,(H,30,36)/b24-23-. The normalized spacial score (nSPS) is 13.9. The number of para-hydroxylation sites is 2. The summed E-state index contributed by atoms with van der Waals surface area (Å²) in [6.45, 7) is 1.03. The lowest BCUT2D eigenvalue weighted by Gasteiger charge is -2.16. The van der Waals surface area contributed by atoms with E-state index in [1.165, 1.54) is 11.8 Å². The highest BCUT2D eigenvalue weighted by Crippen LogP contribution is 2.35. The summed E-state index contributed by atoms with van der Waals surface area (Å²) < 4.78 is 6.53. The number of rotatable bonds is 5. The number of carbonyl (C=O) groups is 3. The Hall–Kier alpha value is -4.87. The number of nitrogens with one attached hydrogen (secondary N) is 1. The van der Waals surface area contributed by atoms with Gasteiger partial charge in [-0.3, -0.25) is 24.1 Å². The SMILES string of the molecule is CC(=O)Oc1ccccc1-c1nc2s/c(=C3\C(=O)N(CC(=O)Nc4ccc(Cl)cc4)c4ccccc43)c(=O)n2n1. The minimum atomic E-state index is -0.519. The summed E-state index contributed by atoms with van der Waals surface area (Å²) in [7, 11) is 0. The van der Waals surface area contributed by atoms with Gasteiger partial charge in [-0.05, 0) is 42.5 Å². The molecular weight excluding hydrogens is 554 g/mol. The van der Waals surface area contributed by atoms with E-state index in [0.717, 1.165) is 15.9 Å². The number of thiazole rings is 1. The Morgan fingerprint density at radius 3 is 2.40 bits per heavy atom. The van der Waals surface area contributed by atoms with Gasteiger partial charge in [0.2, 0.25) is 10.9 Å². The number of aromatic nitrogens is 3. The van der Waals surface area contributed by atoms with Crippen LogP contribution in [0.1, 0.15) is 12.5 Å². The van der Waals surface area contributed by atoms with E-state index >= 15 is 0 Å². The van der Waals surface area contributed by atoms with Crippen molar-refractivity contribution in [2.45, 2.75) is 6.92 Å². The summed E-state index contributed by atoms with van der Waals surface area (Å²) in [4.78, 5) is 57.5. The summed E-state index contributed by atoms with van der Waals surface area (Å²) in [5.74, 6) is -0.915. The molecule has 3 aromatic carbocycles. The summed E-state index contributed by atoms with van der Waals surface area (Å²) in [6, 6.07) is 20.3. The maximum atomic E-state index is 13.6. The molecule has 1 aliphatic heterocycles. The van der Waals surface area contributed by atoms with E-state index in [0.29, 0.717) is 27.5 Å². The third-order valence-corrected chi connectivity index (χ3v) is 7.40. The predicted molar refractivity (Wildman–Crippen MR) is 150 cm³/mol. The second-order valence-corrected chi connectivity index (χ2v) is 10.2. The summed E-state index contributed by atoms with van der Waals surface area (Å²) >= 11 is 6.93. The average molecular weight is 572 g/mol. The van der Waals surface area contributed by atoms with Gasteiger partial charge in [-0.25, -0.2) is 0 Å². The maximum Gasteiger partial charge on any atom is 0.308 e. The zero-order valence-corrected chi connectivity index (χ0v) is 22.3. The van der Waals surface area contributed by atoms with Gasteiger partial charge in [-0.15, -0.1) is 5.10 Å². The second-order valence-electron chi connectivity index (χ2n) is 8.79. The van der Waals surface area contributed by atoms with Crippen LogP contribution in [0.2, 0.25) is 5.02 Å². The molecule has 0 saturated carbocycles. The summed E-state index contributed by atoms with van der Waals surface area (Å²) in [5, 5.41) is 7.63. The molecule has 6 rings (SSSR count). The Labute approximate surface area is 235 Å². The first kappa shape index (κ1) is 25.4. The van der Waals surface area contributed by atoms with E-state index in [-0.39, 0.29) is 33.2 Å². The number of hydrogen-bond acceptors (Lipinski definition) is 8. The number of nitrogens with zero attached hydrogens (tertiary/aromatic N) is 4. The van der Waals surface area contributed by atoms with Crippen LogP contribution in [0.25, 0.3) is 21.9 Å². The highest BCUT2D eigenvalue weighted by Gasteiger charge is 2.35. The molecule has 0 aliphatic carbocycles. The maximum absolute atomic E-state index is 13.6. The van der Waals surface area contributed by atoms with Crippen LogP contribution in [0.3, 0.4) is 0 Å². The highest BCUT2D eigenvalue weighted by atomic mass is 35.5. The minimum absolute atomic E-state index is 0.160. The van der Waals surface area contributed by atoms with Crippen LogP contribution < -0.4 is 25.0 Å². The fourth-order valence-corrected chi connectivity index (χ4v) is 5.55. The first-order valence-electron chi connectivity index (χ1n) is 12.0. The van der Waals surface area contributed by atoms with Crippen molar-refractivity contribution in [3.63, 3.8) is 0 Å². The summed E-state index contributed by atoms with van der Waals surface area (Å²) in [5.41, 5.74) is 1.70. The van der Waals surface area contributed by atoms with E-state index in [2.05, 4.69) is 15.4 Å². The molecule has 2 aromatic heterocycles. The molecule has 0 unspecified atom stereocenters. The van der Waals surface area contributed by atoms with Crippen molar-refractivity contribution in [2.24, 2.45) is 0 Å². The molecule has 40 heavy (non-hydrogen) atoms. The van der Waals surface area contributed by atoms with Crippen molar-refractivity contribution in [1.29, 1.82) is 0 Å². The number of anilines is 2. The van der Waals surface area contributed by atoms with Gasteiger partial charge in [0.25, 0.3) is 11.5 Å². The number of esters is 1. The molecule has 5 aromatic rings. The third kappa shape index (κ3) is 4.51. The van der Waals surface area contributed by atoms with E-state index in [4.69, 9.17) is 16.3 Å². The molecule has 3 heterocycles. The van der Waals surface area contributed by atoms with Crippen LogP contribution in [-0.2, 0) is 14.4 Å². The van der Waals surface area contributed by atoms with E-state index < -0.39 is 23.3 Å². The molecule has 0 spiro atoms. The van der Waals surface area contributed by atoms with Gasteiger partial charge in [0, 0.05) is 23.2 Å². The number of carbonyl (C=O) groups excluding carboxylic acids is 3. The van der Waals surface area contributed by atoms with Gasteiger partial charge >= 0.3 is 5.97 Å². The number of halogens is 1. The molecule has 0 atom stereocenters. The highest BCUT2D eigenvalue weighted by molar-refractivity contribution is 7.15. The van der Waals surface area contributed by atoms with Gasteiger partial charge in [-0.1, -0.05) is 53.3 Å². The van der Waals surface area contributed by atoms with Crippen molar-refractivity contribution < 1.29 is 19.1 Å². The Kier molecular flexibility index (Phi) is 6.37. The van der Waals surface area contributed by atoms with E-state index in [1.807, 2.05) is 0 Å². The molecule has 10 nitrogen and oxygen atoms in total. The average Bonchev–Trinajstić information content (AvgIpc) is 3.56. The number of hydrogen-bond donors (Lipinski definition) is 1. The van der Waals surface area contributed by atoms with E-state index in [1.54, 1.807) is 72.8 Å². The fraction of sp³-hybridized carbons (Fsp3) is 0.0714. The number of benzene rings is 3. The Balaban J connectivity index is 1.38. The lowest BCUT2D eigenvalue weighted by molar-refractivity contribution is -0.131. The Morgan fingerprint density at radius 1 is 0.975 bits per heavy atom. The van der Waals surface area contributed by atoms with Gasteiger partial charge in [-0.2, -0.15) is 9.50 Å². The predicted octanol–water partition coefficient (Wildman–Crippen LogP) is 3.30. The molecule has 198 valence electrons. The van der Waals surface area contributed by atoms with Gasteiger partial charge in [0.05, 0.1) is 16.8 Å². The lowest BCUT2D eigenvalue weighted by atomic mass is 10.1. The zero-order valence-electron chi connectivity index (χ0n) is 20.8. The number of fused-ring (bicyclic) bond motifs is 2. The Bertz CT molecular complexity index is 1950. The second kappa shape index (κ2) is 10.0. The Morgan fingerprint density at radius 2 is 1.68 bits per heavy atom. The van der Waals surface area contributed by atoms with Crippen molar-refractivity contribution >= 4 is 62.6 Å². The quantitative estimate of drug-likeness (QED) is 0.254. The van der Waals surface area contributed by atoms with Crippen LogP contribution >= 0.6 is 22.9 Å². The minimum Gasteiger partial charge on any atom is -0.426 e. The topological polar surface area (TPSA) is 123 Å². The fourth-order valence-electron chi connectivity index (χ4n) is 4.43. The van der Waals surface area contributed by atoms with Crippen molar-refractivity contribution in [3.8, 4) is 17.1 Å².